The Balaban J connectivity index is 1.63. The van der Waals surface area contributed by atoms with E-state index in [1.54, 1.807) is 18.2 Å². The summed E-state index contributed by atoms with van der Waals surface area (Å²) in [5.41, 5.74) is 1.88. The summed E-state index contributed by atoms with van der Waals surface area (Å²) in [6.45, 7) is 3.87. The fourth-order valence-electron chi connectivity index (χ4n) is 5.16. The Morgan fingerprint density at radius 3 is 2.13 bits per heavy atom. The predicted octanol–water partition coefficient (Wildman–Crippen LogP) is 9.42. The van der Waals surface area contributed by atoms with Gasteiger partial charge in [0.25, 0.3) is 0 Å². The molecule has 0 aliphatic carbocycles. The molecule has 0 fully saturated rings. The van der Waals surface area contributed by atoms with Crippen LogP contribution in [-0.4, -0.2) is 19.1 Å². The van der Waals surface area contributed by atoms with E-state index in [9.17, 15) is 4.79 Å². The normalized spacial score (nSPS) is 16.9. The lowest BCUT2D eigenvalue weighted by Crippen LogP contribution is -2.33. The molecule has 2 aliphatic rings. The highest BCUT2D eigenvalue weighted by atomic mass is 35.5. The molecule has 4 aromatic carbocycles. The zero-order valence-corrected chi connectivity index (χ0v) is 24.0. The van der Waals surface area contributed by atoms with Crippen molar-refractivity contribution in [3.63, 3.8) is 0 Å². The highest BCUT2D eigenvalue weighted by Crippen LogP contribution is 2.61. The molecule has 0 aromatic heterocycles. The van der Waals surface area contributed by atoms with Gasteiger partial charge in [-0.2, -0.15) is 0 Å². The van der Waals surface area contributed by atoms with Gasteiger partial charge in [-0.05, 0) is 50.2 Å². The molecule has 1 unspecified atom stereocenters. The Morgan fingerprint density at radius 1 is 0.795 bits per heavy atom. The lowest BCUT2D eigenvalue weighted by molar-refractivity contribution is 0.0224. The van der Waals surface area contributed by atoms with Crippen LogP contribution in [0, 0.1) is 0 Å². The van der Waals surface area contributed by atoms with E-state index < -0.39 is 11.6 Å². The Hall–Kier alpha value is -3.09. The van der Waals surface area contributed by atoms with Crippen LogP contribution in [0.2, 0.25) is 20.1 Å². The van der Waals surface area contributed by atoms with Crippen LogP contribution in [0.1, 0.15) is 40.9 Å². The van der Waals surface area contributed by atoms with Crippen LogP contribution in [0.15, 0.2) is 66.7 Å². The second-order valence-electron chi connectivity index (χ2n) is 9.58. The van der Waals surface area contributed by atoms with Gasteiger partial charge < -0.3 is 19.1 Å². The molecule has 1 spiro atoms. The molecule has 0 saturated heterocycles. The van der Waals surface area contributed by atoms with Crippen molar-refractivity contribution >= 4 is 63.7 Å². The molecule has 5 nitrogen and oxygen atoms in total. The zero-order valence-electron chi connectivity index (χ0n) is 21.0. The van der Waals surface area contributed by atoms with Crippen molar-refractivity contribution in [1.82, 2.24) is 0 Å². The van der Waals surface area contributed by atoms with E-state index in [1.165, 1.54) is 0 Å². The summed E-state index contributed by atoms with van der Waals surface area (Å²) in [6, 6.07) is 21.0. The summed E-state index contributed by atoms with van der Waals surface area (Å²) in [5.74, 6) is 0.854. The van der Waals surface area contributed by atoms with E-state index in [-0.39, 0.29) is 31.8 Å². The lowest BCUT2D eigenvalue weighted by atomic mass is 9.77. The highest BCUT2D eigenvalue weighted by Gasteiger charge is 2.56. The first-order valence-electron chi connectivity index (χ1n) is 12.2. The third-order valence-electron chi connectivity index (χ3n) is 6.87. The van der Waals surface area contributed by atoms with Gasteiger partial charge in [-0.25, -0.2) is 4.79 Å². The summed E-state index contributed by atoms with van der Waals surface area (Å²) >= 11 is 26.2. The molecule has 39 heavy (non-hydrogen) atoms. The molecule has 0 radical (unpaired) electrons. The minimum absolute atomic E-state index is 0.0101. The Bertz CT molecular complexity index is 1660. The summed E-state index contributed by atoms with van der Waals surface area (Å²) < 4.78 is 18.6. The number of hydrogen-bond donors (Lipinski definition) is 0. The number of nitrogens with zero attached hydrogens (tertiary/aromatic N) is 1. The number of benzene rings is 4. The van der Waals surface area contributed by atoms with Gasteiger partial charge in [-0.3, -0.25) is 0 Å². The van der Waals surface area contributed by atoms with Gasteiger partial charge in [-0.15, -0.1) is 0 Å². The first-order valence-corrected chi connectivity index (χ1v) is 13.7. The van der Waals surface area contributed by atoms with Crippen LogP contribution < -0.4 is 14.4 Å². The molecule has 9 heteroatoms. The fraction of sp³-hybridized carbons (Fsp3) is 0.167. The maximum Gasteiger partial charge on any atom is 0.341 e. The van der Waals surface area contributed by atoms with Crippen LogP contribution in [0.3, 0.4) is 0 Å². The van der Waals surface area contributed by atoms with Crippen LogP contribution >= 0.6 is 46.4 Å². The van der Waals surface area contributed by atoms with Crippen LogP contribution in [0.25, 0.3) is 0 Å². The van der Waals surface area contributed by atoms with E-state index in [4.69, 9.17) is 60.6 Å². The smallest absolute Gasteiger partial charge is 0.341 e. The average Bonchev–Trinajstić information content (AvgIpc) is 3.23. The van der Waals surface area contributed by atoms with Crippen molar-refractivity contribution in [2.24, 2.45) is 0 Å². The number of ether oxygens (including phenoxy) is 3. The second-order valence-corrected chi connectivity index (χ2v) is 11.1. The van der Waals surface area contributed by atoms with Crippen LogP contribution in [-0.2, 0) is 10.3 Å². The monoisotopic (exact) mass is 599 g/mol. The van der Waals surface area contributed by atoms with E-state index in [0.717, 1.165) is 11.4 Å². The third-order valence-corrected chi connectivity index (χ3v) is 8.67. The predicted molar refractivity (Wildman–Crippen MR) is 155 cm³/mol. The maximum absolute atomic E-state index is 13.4. The van der Waals surface area contributed by atoms with E-state index in [2.05, 4.69) is 0 Å². The molecule has 2 aliphatic heterocycles. The number of esters is 1. The van der Waals surface area contributed by atoms with Gasteiger partial charge >= 0.3 is 5.97 Å². The number of rotatable bonds is 4. The topological polar surface area (TPSA) is 48.0 Å². The van der Waals surface area contributed by atoms with Gasteiger partial charge in [0.15, 0.2) is 5.60 Å². The molecule has 0 amide bonds. The number of carbonyl (C=O) groups is 1. The van der Waals surface area contributed by atoms with Crippen molar-refractivity contribution in [3.8, 4) is 17.2 Å². The van der Waals surface area contributed by atoms with Crippen molar-refractivity contribution in [2.45, 2.75) is 25.6 Å². The highest BCUT2D eigenvalue weighted by molar-refractivity contribution is 6.53. The van der Waals surface area contributed by atoms with E-state index in [0.29, 0.717) is 33.9 Å². The molecule has 198 valence electrons. The van der Waals surface area contributed by atoms with Crippen LogP contribution in [0.5, 0.6) is 17.2 Å². The number of fused-ring (bicyclic) bond motifs is 6. The van der Waals surface area contributed by atoms with E-state index in [1.807, 2.05) is 74.3 Å². The number of hydrogen-bond acceptors (Lipinski definition) is 5. The largest absolute Gasteiger partial charge is 0.491 e. The van der Waals surface area contributed by atoms with Crippen LogP contribution in [0.4, 0.5) is 11.4 Å². The number of anilines is 2. The fourth-order valence-corrected chi connectivity index (χ4v) is 6.22. The maximum atomic E-state index is 13.4. The Morgan fingerprint density at radius 2 is 1.44 bits per heavy atom. The molecule has 2 heterocycles. The van der Waals surface area contributed by atoms with Crippen molar-refractivity contribution in [3.05, 3.63) is 109 Å². The first kappa shape index (κ1) is 26.1. The quantitative estimate of drug-likeness (QED) is 0.133. The molecule has 0 N–H and O–H groups in total. The summed E-state index contributed by atoms with van der Waals surface area (Å²) in [7, 11) is 1.96. The van der Waals surface area contributed by atoms with Crippen molar-refractivity contribution < 1.29 is 19.0 Å². The van der Waals surface area contributed by atoms with Gasteiger partial charge in [-0.1, -0.05) is 64.6 Å². The second kappa shape index (κ2) is 9.53. The first-order chi connectivity index (χ1) is 18.6. The molecule has 4 aromatic rings. The summed E-state index contributed by atoms with van der Waals surface area (Å²) in [4.78, 5) is 15.5. The standard InChI is InChI=1S/C30H21Cl4NO4/c1-15(2)37-18-10-12-20-22(14-18)38-21-13-17(35(3)16-7-5-4-6-8-16)9-11-19(21)30(20)24-23(29(36)39-30)25(31)27(33)28(34)26(24)32/h4-15H,1-3H3. The molecule has 6 rings (SSSR count). The zero-order chi connectivity index (χ0) is 27.6. The number of para-hydroxylation sites is 1. The number of halogens is 4. The minimum atomic E-state index is -1.48. The van der Waals surface area contributed by atoms with Gasteiger partial charge in [0.05, 0.1) is 31.8 Å². The summed E-state index contributed by atoms with van der Waals surface area (Å²) in [6.07, 6.45) is -0.0572. The van der Waals surface area contributed by atoms with Gasteiger partial charge in [0.1, 0.15) is 17.2 Å². The Labute approximate surface area is 245 Å². The molecular weight excluding hydrogens is 580 g/mol. The Kier molecular flexibility index (Phi) is 6.39. The van der Waals surface area contributed by atoms with Gasteiger partial charge in [0, 0.05) is 47.2 Å². The van der Waals surface area contributed by atoms with E-state index >= 15 is 0 Å². The third kappa shape index (κ3) is 3.94. The minimum Gasteiger partial charge on any atom is -0.491 e. The van der Waals surface area contributed by atoms with Crippen molar-refractivity contribution in [1.29, 1.82) is 0 Å². The lowest BCUT2D eigenvalue weighted by Gasteiger charge is -2.37. The number of carbonyl (C=O) groups excluding carboxylic acids is 1. The molecular formula is C30H21Cl4NO4. The molecule has 0 bridgehead atoms. The van der Waals surface area contributed by atoms with Gasteiger partial charge in [0.2, 0.25) is 0 Å². The summed E-state index contributed by atoms with van der Waals surface area (Å²) in [5, 5.41) is 0.0927. The average molecular weight is 601 g/mol. The van der Waals surface area contributed by atoms with Crippen molar-refractivity contribution in [2.75, 3.05) is 11.9 Å². The molecule has 0 saturated carbocycles. The molecule has 1 atom stereocenters. The SMILES string of the molecule is CC(C)Oc1ccc2c(c1)Oc1cc(N(C)c3ccccc3)ccc1C21OC(=O)c2c(Cl)c(Cl)c(Cl)c(Cl)c21.